The average Bonchev–Trinajstić information content (AvgIpc) is 3.20. The number of aryl methyl sites for hydroxylation is 3. The van der Waals surface area contributed by atoms with Crippen LogP contribution in [-0.2, 0) is 17.9 Å². The molecule has 37 heavy (non-hydrogen) atoms. The van der Waals surface area contributed by atoms with Gasteiger partial charge in [0.25, 0.3) is 0 Å². The first-order valence-corrected chi connectivity index (χ1v) is 12.9. The van der Waals surface area contributed by atoms with E-state index < -0.39 is 5.60 Å². The van der Waals surface area contributed by atoms with Gasteiger partial charge in [0.2, 0.25) is 5.91 Å². The van der Waals surface area contributed by atoms with Crippen LogP contribution in [0.2, 0.25) is 0 Å². The summed E-state index contributed by atoms with van der Waals surface area (Å²) in [5, 5.41) is 11.5. The number of hydrogen-bond acceptors (Lipinski definition) is 6. The fourth-order valence-corrected chi connectivity index (χ4v) is 4.65. The summed E-state index contributed by atoms with van der Waals surface area (Å²) in [7, 11) is 0. The van der Waals surface area contributed by atoms with Crippen molar-refractivity contribution in [1.82, 2.24) is 19.4 Å². The molecule has 3 aromatic rings. The molecule has 0 spiro atoms. The minimum atomic E-state index is -1.19. The zero-order valence-corrected chi connectivity index (χ0v) is 22.1. The molecule has 1 aliphatic rings. The van der Waals surface area contributed by atoms with Gasteiger partial charge in [-0.3, -0.25) is 9.69 Å². The molecule has 4 rings (SSSR count). The van der Waals surface area contributed by atoms with Gasteiger partial charge in [0.15, 0.2) is 0 Å². The molecule has 2 aromatic carbocycles. The first-order valence-electron chi connectivity index (χ1n) is 12.9. The predicted molar refractivity (Wildman–Crippen MR) is 143 cm³/mol. The number of aromatic nitrogens is 2. The molecule has 1 N–H and O–H groups in total. The van der Waals surface area contributed by atoms with Crippen molar-refractivity contribution in [1.29, 1.82) is 0 Å². The Labute approximate surface area is 219 Å². The van der Waals surface area contributed by atoms with Gasteiger partial charge in [0.1, 0.15) is 29.5 Å². The van der Waals surface area contributed by atoms with Crippen molar-refractivity contribution < 1.29 is 19.4 Å². The Hall–Kier alpha value is -3.36. The van der Waals surface area contributed by atoms with E-state index in [1.807, 2.05) is 62.6 Å². The first-order chi connectivity index (χ1) is 17.8. The van der Waals surface area contributed by atoms with Gasteiger partial charge in [0.05, 0.1) is 13.2 Å². The number of imidazole rings is 1. The van der Waals surface area contributed by atoms with Crippen LogP contribution < -0.4 is 9.47 Å². The largest absolute Gasteiger partial charge is 0.494 e. The number of nitrogens with zero attached hydrogens (tertiary/aromatic N) is 4. The molecule has 1 amide bonds. The van der Waals surface area contributed by atoms with Crippen LogP contribution in [0.25, 0.3) is 0 Å². The van der Waals surface area contributed by atoms with E-state index in [2.05, 4.69) is 26.6 Å². The van der Waals surface area contributed by atoms with Crippen molar-refractivity contribution in [2.24, 2.45) is 0 Å². The third-order valence-electron chi connectivity index (χ3n) is 6.70. The topological polar surface area (TPSA) is 80.1 Å². The molecule has 0 bridgehead atoms. The normalized spacial score (nSPS) is 18.4. The van der Waals surface area contributed by atoms with Crippen LogP contribution in [0.3, 0.4) is 0 Å². The Kier molecular flexibility index (Phi) is 8.84. The van der Waals surface area contributed by atoms with Crippen LogP contribution >= 0.6 is 0 Å². The second-order valence-corrected chi connectivity index (χ2v) is 9.99. The van der Waals surface area contributed by atoms with Crippen LogP contribution in [0.15, 0.2) is 60.9 Å². The molecule has 1 unspecified atom stereocenters. The number of hydrogen-bond donors (Lipinski definition) is 1. The highest BCUT2D eigenvalue weighted by molar-refractivity contribution is 5.73. The molecular formula is C29H38N4O4. The monoisotopic (exact) mass is 506 g/mol. The van der Waals surface area contributed by atoms with Gasteiger partial charge in [-0.15, -0.1) is 0 Å². The number of ether oxygens (including phenoxy) is 2. The number of β-amino-alcohol motifs (C(OH)–C–C–N with tert-alkyl or cyclic N) is 1. The van der Waals surface area contributed by atoms with Crippen molar-refractivity contribution >= 4 is 5.91 Å². The number of benzene rings is 2. The standard InChI is InChI=1S/C29H38N4O4/c1-23-8-10-27(11-9-23)37-22-29(35)20-31(15-16-33(21-29)25(3)34)19-26-6-4-7-28(18-26)36-17-5-13-32-14-12-30-24(32)2/h4,6-12,14,18,35H,5,13,15-17,19-22H2,1-3H3. The lowest BCUT2D eigenvalue weighted by Crippen LogP contribution is -2.51. The molecule has 1 saturated heterocycles. The van der Waals surface area contributed by atoms with E-state index in [0.29, 0.717) is 38.5 Å². The summed E-state index contributed by atoms with van der Waals surface area (Å²) in [4.78, 5) is 20.4. The molecule has 0 saturated carbocycles. The Morgan fingerprint density at radius 1 is 1.05 bits per heavy atom. The molecule has 0 radical (unpaired) electrons. The maximum atomic E-state index is 12.2. The minimum Gasteiger partial charge on any atom is -0.494 e. The van der Waals surface area contributed by atoms with E-state index in [-0.39, 0.29) is 19.1 Å². The van der Waals surface area contributed by atoms with Gasteiger partial charge in [-0.25, -0.2) is 4.98 Å². The number of carbonyl (C=O) groups is 1. The molecule has 0 aliphatic carbocycles. The quantitative estimate of drug-likeness (QED) is 0.425. The maximum absolute atomic E-state index is 12.2. The zero-order chi connectivity index (χ0) is 26.3. The summed E-state index contributed by atoms with van der Waals surface area (Å²) in [5.74, 6) is 2.50. The van der Waals surface area contributed by atoms with Crippen molar-refractivity contribution in [2.75, 3.05) is 39.4 Å². The molecule has 198 valence electrons. The minimum absolute atomic E-state index is 0.0445. The summed E-state index contributed by atoms with van der Waals surface area (Å²) in [6.07, 6.45) is 4.69. The third-order valence-corrected chi connectivity index (χ3v) is 6.70. The van der Waals surface area contributed by atoms with E-state index in [1.165, 1.54) is 0 Å². The van der Waals surface area contributed by atoms with E-state index in [1.54, 1.807) is 11.8 Å². The lowest BCUT2D eigenvalue weighted by Gasteiger charge is -2.32. The highest BCUT2D eigenvalue weighted by Gasteiger charge is 2.36. The van der Waals surface area contributed by atoms with Crippen molar-refractivity contribution in [2.45, 2.75) is 45.9 Å². The predicted octanol–water partition coefficient (Wildman–Crippen LogP) is 3.44. The molecule has 1 fully saturated rings. The van der Waals surface area contributed by atoms with Gasteiger partial charge in [-0.2, -0.15) is 0 Å². The van der Waals surface area contributed by atoms with Crippen LogP contribution in [-0.4, -0.2) is 75.4 Å². The van der Waals surface area contributed by atoms with Crippen LogP contribution in [0.1, 0.15) is 30.3 Å². The van der Waals surface area contributed by atoms with Gasteiger partial charge in [-0.1, -0.05) is 29.8 Å². The van der Waals surface area contributed by atoms with Crippen molar-refractivity contribution in [3.8, 4) is 11.5 Å². The number of carbonyl (C=O) groups excluding carboxylic acids is 1. The lowest BCUT2D eigenvalue weighted by atomic mass is 10.0. The maximum Gasteiger partial charge on any atom is 0.219 e. The zero-order valence-electron chi connectivity index (χ0n) is 22.1. The fourth-order valence-electron chi connectivity index (χ4n) is 4.65. The summed E-state index contributed by atoms with van der Waals surface area (Å²) >= 11 is 0. The molecule has 1 aromatic heterocycles. The molecule has 2 heterocycles. The number of rotatable bonds is 10. The second kappa shape index (κ2) is 12.3. The molecule has 8 nitrogen and oxygen atoms in total. The molecular weight excluding hydrogens is 468 g/mol. The average molecular weight is 507 g/mol. The van der Waals surface area contributed by atoms with Gasteiger partial charge < -0.3 is 24.0 Å². The Morgan fingerprint density at radius 3 is 2.59 bits per heavy atom. The number of aliphatic hydroxyl groups is 1. The molecule has 1 aliphatic heterocycles. The second-order valence-electron chi connectivity index (χ2n) is 9.99. The molecule has 1 atom stereocenters. The Morgan fingerprint density at radius 2 is 1.86 bits per heavy atom. The fraction of sp³-hybridized carbons (Fsp3) is 0.448. The highest BCUT2D eigenvalue weighted by Crippen LogP contribution is 2.22. The highest BCUT2D eigenvalue weighted by atomic mass is 16.5. The Bertz CT molecular complexity index is 1160. The summed E-state index contributed by atoms with van der Waals surface area (Å²) in [6.45, 7) is 9.68. The van der Waals surface area contributed by atoms with Gasteiger partial charge in [0, 0.05) is 52.0 Å². The van der Waals surface area contributed by atoms with Crippen LogP contribution in [0.4, 0.5) is 0 Å². The molecule has 8 heteroatoms. The smallest absolute Gasteiger partial charge is 0.219 e. The lowest BCUT2D eigenvalue weighted by molar-refractivity contribution is -0.132. The van der Waals surface area contributed by atoms with E-state index in [0.717, 1.165) is 35.7 Å². The van der Waals surface area contributed by atoms with Crippen LogP contribution in [0, 0.1) is 13.8 Å². The van der Waals surface area contributed by atoms with E-state index >= 15 is 0 Å². The van der Waals surface area contributed by atoms with Crippen molar-refractivity contribution in [3.63, 3.8) is 0 Å². The van der Waals surface area contributed by atoms with Crippen molar-refractivity contribution in [3.05, 3.63) is 77.9 Å². The summed E-state index contributed by atoms with van der Waals surface area (Å²) < 4.78 is 14.1. The van der Waals surface area contributed by atoms with E-state index in [4.69, 9.17) is 9.47 Å². The SMILES string of the molecule is CC(=O)N1CCN(Cc2cccc(OCCCn3ccnc3C)c2)CC(O)(COc2ccc(C)cc2)C1. The first kappa shape index (κ1) is 26.7. The van der Waals surface area contributed by atoms with Gasteiger partial charge in [-0.05, 0) is 50.1 Å². The number of amides is 1. The van der Waals surface area contributed by atoms with Gasteiger partial charge >= 0.3 is 0 Å². The third kappa shape index (κ3) is 7.81. The Balaban J connectivity index is 1.36. The van der Waals surface area contributed by atoms with E-state index in [9.17, 15) is 9.90 Å². The van der Waals surface area contributed by atoms with Crippen LogP contribution in [0.5, 0.6) is 11.5 Å². The summed E-state index contributed by atoms with van der Waals surface area (Å²) in [5.41, 5.74) is 1.06. The summed E-state index contributed by atoms with van der Waals surface area (Å²) in [6, 6.07) is 15.8.